The number of hydrogen-bond acceptors (Lipinski definition) is 5. The highest BCUT2D eigenvalue weighted by Gasteiger charge is 2.35. The number of carbonyl (C=O) groups excluding carboxylic acids is 2. The van der Waals surface area contributed by atoms with Gasteiger partial charge in [-0.2, -0.15) is 5.01 Å². The second-order valence-corrected chi connectivity index (χ2v) is 9.07. The van der Waals surface area contributed by atoms with E-state index in [2.05, 4.69) is 40.9 Å². The predicted octanol–water partition coefficient (Wildman–Crippen LogP) is 6.13. The Morgan fingerprint density at radius 2 is 1.59 bits per heavy atom. The van der Waals surface area contributed by atoms with Crippen LogP contribution in [0.4, 0.5) is 0 Å². The van der Waals surface area contributed by atoms with Crippen LogP contribution in [-0.4, -0.2) is 27.4 Å². The fourth-order valence-corrected chi connectivity index (χ4v) is 5.08. The van der Waals surface area contributed by atoms with Crippen LogP contribution in [0.15, 0.2) is 84.0 Å². The summed E-state index contributed by atoms with van der Waals surface area (Å²) in [7, 11) is 0. The summed E-state index contributed by atoms with van der Waals surface area (Å²) in [4.78, 5) is 24.5. The maximum absolute atomic E-state index is 12.7. The van der Waals surface area contributed by atoms with Gasteiger partial charge >= 0.3 is 5.97 Å². The lowest BCUT2D eigenvalue weighted by Crippen LogP contribution is -2.25. The van der Waals surface area contributed by atoms with E-state index in [1.807, 2.05) is 48.5 Å². The summed E-state index contributed by atoms with van der Waals surface area (Å²) in [6, 6.07) is 25.8. The molecule has 1 unspecified atom stereocenters. The third-order valence-electron chi connectivity index (χ3n) is 6.70. The van der Waals surface area contributed by atoms with Gasteiger partial charge in [0, 0.05) is 47.8 Å². The lowest BCUT2D eigenvalue weighted by atomic mass is 10.1. The number of benzene rings is 4. The zero-order valence-corrected chi connectivity index (χ0v) is 20.8. The van der Waals surface area contributed by atoms with Crippen molar-refractivity contribution in [3.8, 4) is 5.75 Å². The van der Waals surface area contributed by atoms with Gasteiger partial charge in [-0.15, -0.1) is 5.10 Å². The number of aromatic nitrogens is 1. The molecule has 0 N–H and O–H groups in total. The van der Waals surface area contributed by atoms with Crippen LogP contribution >= 0.6 is 0 Å². The van der Waals surface area contributed by atoms with Crippen molar-refractivity contribution in [2.45, 2.75) is 33.5 Å². The highest BCUT2D eigenvalue weighted by Crippen LogP contribution is 2.37. The van der Waals surface area contributed by atoms with Gasteiger partial charge in [0.1, 0.15) is 5.75 Å². The lowest BCUT2D eigenvalue weighted by Gasteiger charge is -2.19. The molecule has 2 heterocycles. The van der Waals surface area contributed by atoms with Gasteiger partial charge < -0.3 is 14.0 Å². The first-order valence-corrected chi connectivity index (χ1v) is 12.2. The van der Waals surface area contributed by atoms with Gasteiger partial charge in [-0.1, -0.05) is 48.5 Å². The van der Waals surface area contributed by atoms with Crippen molar-refractivity contribution >= 4 is 50.4 Å². The zero-order valence-electron chi connectivity index (χ0n) is 20.8. The monoisotopic (exact) mass is 491 g/mol. The highest BCUT2D eigenvalue weighted by molar-refractivity contribution is 6.08. The molecule has 7 heteroatoms. The number of para-hydroxylation sites is 1. The summed E-state index contributed by atoms with van der Waals surface area (Å²) in [5.74, 6) is -0.160. The maximum atomic E-state index is 12.7. The van der Waals surface area contributed by atoms with Gasteiger partial charge in [-0.05, 0) is 48.0 Å². The third kappa shape index (κ3) is 3.80. The molecule has 37 heavy (non-hydrogen) atoms. The first-order valence-electron chi connectivity index (χ1n) is 12.2. The molecule has 5 aromatic rings. The van der Waals surface area contributed by atoms with E-state index in [0.717, 1.165) is 44.7 Å². The van der Waals surface area contributed by atoms with Gasteiger partial charge in [0.05, 0.1) is 5.56 Å². The van der Waals surface area contributed by atoms with Crippen molar-refractivity contribution in [1.82, 2.24) is 9.58 Å². The van der Waals surface area contributed by atoms with E-state index in [1.54, 1.807) is 6.07 Å². The minimum atomic E-state index is -0.753. The highest BCUT2D eigenvalue weighted by atomic mass is 16.5. The van der Waals surface area contributed by atoms with E-state index >= 15 is 0 Å². The van der Waals surface area contributed by atoms with Crippen LogP contribution in [0, 0.1) is 0 Å². The molecule has 1 aromatic heterocycles. The molecule has 1 aliphatic rings. The predicted molar refractivity (Wildman–Crippen MR) is 143 cm³/mol. The van der Waals surface area contributed by atoms with Crippen molar-refractivity contribution in [3.05, 3.63) is 90.0 Å². The molecule has 0 saturated heterocycles. The molecule has 0 fully saturated rings. The van der Waals surface area contributed by atoms with Crippen LogP contribution in [0.5, 0.6) is 5.75 Å². The van der Waals surface area contributed by atoms with E-state index in [0.29, 0.717) is 11.3 Å². The molecule has 7 nitrogen and oxygen atoms in total. The molecule has 1 atom stereocenters. The average Bonchev–Trinajstić information content (AvgIpc) is 3.47. The van der Waals surface area contributed by atoms with Crippen molar-refractivity contribution in [3.63, 3.8) is 0 Å². The molecule has 0 saturated carbocycles. The maximum Gasteiger partial charge on any atom is 0.308 e. The largest absolute Gasteiger partial charge is 0.446 e. The number of hydrogen-bond donors (Lipinski definition) is 0. The topological polar surface area (TPSA) is 73.1 Å². The molecule has 6 rings (SSSR count). The number of esters is 1. The van der Waals surface area contributed by atoms with Crippen LogP contribution in [-0.2, 0) is 20.9 Å². The second-order valence-electron chi connectivity index (χ2n) is 9.07. The van der Waals surface area contributed by atoms with Crippen LogP contribution in [0.25, 0.3) is 32.6 Å². The molecular weight excluding hydrogens is 466 g/mol. The van der Waals surface area contributed by atoms with E-state index < -0.39 is 12.2 Å². The number of fused-ring (bicyclic) bond motifs is 4. The Morgan fingerprint density at radius 1 is 0.892 bits per heavy atom. The van der Waals surface area contributed by atoms with Crippen molar-refractivity contribution < 1.29 is 19.1 Å². The van der Waals surface area contributed by atoms with Gasteiger partial charge in [0.25, 0.3) is 0 Å². The molecule has 0 spiro atoms. The Bertz CT molecular complexity index is 1750. The number of nitrogens with zero attached hydrogens (tertiary/aromatic N) is 3. The van der Waals surface area contributed by atoms with Crippen molar-refractivity contribution in [2.75, 3.05) is 0 Å². The molecular formula is C30H25N3O4. The zero-order chi connectivity index (χ0) is 25.7. The molecule has 1 amide bonds. The molecule has 1 aliphatic heterocycles. The molecule has 0 bridgehead atoms. The third-order valence-corrected chi connectivity index (χ3v) is 6.70. The van der Waals surface area contributed by atoms with Crippen LogP contribution in [0.2, 0.25) is 0 Å². The standard InChI is InChI=1S/C30H25N3O4/c1-4-32-26-12-8-7-11-23(26)24-16-22(13-14-27(24)32)30-33(18(2)34)31-29(37-30)25-15-20-9-5-6-10-21(20)17-28(25)36-19(3)35/h5-17,30H,4H2,1-3H3. The van der Waals surface area contributed by atoms with Crippen LogP contribution in [0.1, 0.15) is 38.1 Å². The normalized spacial score (nSPS) is 15.3. The minimum Gasteiger partial charge on any atom is -0.446 e. The SMILES string of the molecule is CCn1c2ccccc2c2cc(C3OC(c4cc5ccccc5cc4OC(C)=O)=NN3C(C)=O)ccc21. The molecule has 4 aromatic carbocycles. The quantitative estimate of drug-likeness (QED) is 0.224. The second kappa shape index (κ2) is 8.78. The summed E-state index contributed by atoms with van der Waals surface area (Å²) in [5.41, 5.74) is 3.58. The first-order chi connectivity index (χ1) is 17.9. The summed E-state index contributed by atoms with van der Waals surface area (Å²) in [6.07, 6.45) is -0.753. The van der Waals surface area contributed by atoms with Crippen molar-refractivity contribution in [2.24, 2.45) is 5.10 Å². The summed E-state index contributed by atoms with van der Waals surface area (Å²) >= 11 is 0. The molecule has 0 aliphatic carbocycles. The summed E-state index contributed by atoms with van der Waals surface area (Å²) in [5, 5.41) is 9.95. The number of carbonyl (C=O) groups is 2. The Kier molecular flexibility index (Phi) is 5.41. The number of rotatable bonds is 4. The summed E-state index contributed by atoms with van der Waals surface area (Å²) < 4.78 is 14.1. The number of amides is 1. The van der Waals surface area contributed by atoms with Gasteiger partial charge in [-0.3, -0.25) is 9.59 Å². The van der Waals surface area contributed by atoms with E-state index in [4.69, 9.17) is 9.47 Å². The molecule has 0 radical (unpaired) electrons. The fourth-order valence-electron chi connectivity index (χ4n) is 5.08. The van der Waals surface area contributed by atoms with Gasteiger partial charge in [0.2, 0.25) is 18.0 Å². The average molecular weight is 492 g/mol. The number of aryl methyl sites for hydroxylation is 1. The number of ether oxygens (including phenoxy) is 2. The van der Waals surface area contributed by atoms with Gasteiger partial charge in [0.15, 0.2) is 0 Å². The molecule has 184 valence electrons. The Balaban J connectivity index is 1.46. The van der Waals surface area contributed by atoms with Crippen LogP contribution < -0.4 is 4.74 Å². The smallest absolute Gasteiger partial charge is 0.308 e. The fraction of sp³-hybridized carbons (Fsp3) is 0.167. The Labute approximate surface area is 213 Å². The van der Waals surface area contributed by atoms with E-state index in [-0.39, 0.29) is 11.8 Å². The van der Waals surface area contributed by atoms with E-state index in [9.17, 15) is 9.59 Å². The Hall–Kier alpha value is -4.65. The summed E-state index contributed by atoms with van der Waals surface area (Å²) in [6.45, 7) is 5.78. The Morgan fingerprint density at radius 3 is 2.32 bits per heavy atom. The van der Waals surface area contributed by atoms with Gasteiger partial charge in [-0.25, -0.2) is 0 Å². The van der Waals surface area contributed by atoms with Crippen LogP contribution in [0.3, 0.4) is 0 Å². The minimum absolute atomic E-state index is 0.221. The van der Waals surface area contributed by atoms with E-state index in [1.165, 1.54) is 18.9 Å². The lowest BCUT2D eigenvalue weighted by molar-refractivity contribution is -0.135. The first kappa shape index (κ1) is 22.8. The van der Waals surface area contributed by atoms with Crippen molar-refractivity contribution in [1.29, 1.82) is 0 Å². The number of hydrazone groups is 1.